The second kappa shape index (κ2) is 7.29. The molecule has 3 N–H and O–H groups in total. The summed E-state index contributed by atoms with van der Waals surface area (Å²) in [5.41, 5.74) is 3.31. The average Bonchev–Trinajstić information content (AvgIpc) is 3.16. The third-order valence-corrected chi connectivity index (χ3v) is 5.05. The number of amides is 2. The van der Waals surface area contributed by atoms with Crippen LogP contribution in [0.4, 0.5) is 17.2 Å². The molecular weight excluding hydrogens is 378 g/mol. The molecule has 4 aromatic rings. The molecule has 30 heavy (non-hydrogen) atoms. The number of nitrogens with one attached hydrogen (secondary N) is 3. The molecule has 0 atom stereocenters. The molecule has 7 heteroatoms. The van der Waals surface area contributed by atoms with Crippen molar-refractivity contribution in [1.82, 2.24) is 15.3 Å². The number of fused-ring (bicyclic) bond motifs is 2. The standard InChI is InChI=1S/C23H17N5O2/c29-22-17-3-1-5-20(19(17)13-26-22)28-21-18(4-2-9-25-21)23(30)27-16-7-6-14-8-10-24-12-15(14)11-16/h1-12H,13H2,(H,25,28)(H,26,29)(H,27,30). The predicted octanol–water partition coefficient (Wildman–Crippen LogP) is 3.87. The molecule has 2 amide bonds. The maximum absolute atomic E-state index is 13.0. The molecule has 0 bridgehead atoms. The second-order valence-electron chi connectivity index (χ2n) is 6.93. The van der Waals surface area contributed by atoms with Crippen LogP contribution in [0, 0.1) is 0 Å². The summed E-state index contributed by atoms with van der Waals surface area (Å²) in [5, 5.41) is 10.9. The van der Waals surface area contributed by atoms with Crippen LogP contribution in [0.15, 0.2) is 73.2 Å². The van der Waals surface area contributed by atoms with E-state index in [9.17, 15) is 9.59 Å². The van der Waals surface area contributed by atoms with Crippen LogP contribution in [-0.4, -0.2) is 21.8 Å². The Morgan fingerprint density at radius 3 is 2.87 bits per heavy atom. The maximum atomic E-state index is 13.0. The molecule has 2 aromatic carbocycles. The van der Waals surface area contributed by atoms with Gasteiger partial charge in [0.05, 0.1) is 5.56 Å². The Morgan fingerprint density at radius 1 is 1.00 bits per heavy atom. The molecule has 1 aliphatic rings. The van der Waals surface area contributed by atoms with Gasteiger partial charge in [0.25, 0.3) is 11.8 Å². The van der Waals surface area contributed by atoms with Crippen LogP contribution in [-0.2, 0) is 6.54 Å². The number of hydrogen-bond acceptors (Lipinski definition) is 5. The molecule has 0 unspecified atom stereocenters. The Morgan fingerprint density at radius 2 is 1.93 bits per heavy atom. The monoisotopic (exact) mass is 395 g/mol. The third-order valence-electron chi connectivity index (χ3n) is 5.05. The minimum absolute atomic E-state index is 0.0987. The van der Waals surface area contributed by atoms with Gasteiger partial charge in [-0.05, 0) is 47.9 Å². The fourth-order valence-corrected chi connectivity index (χ4v) is 3.55. The summed E-state index contributed by atoms with van der Waals surface area (Å²) < 4.78 is 0. The van der Waals surface area contributed by atoms with Crippen molar-refractivity contribution in [2.45, 2.75) is 6.54 Å². The number of benzene rings is 2. The molecule has 0 saturated heterocycles. The van der Waals surface area contributed by atoms with E-state index in [-0.39, 0.29) is 11.8 Å². The number of pyridine rings is 2. The van der Waals surface area contributed by atoms with Crippen LogP contribution < -0.4 is 16.0 Å². The van der Waals surface area contributed by atoms with Gasteiger partial charge in [0.1, 0.15) is 5.82 Å². The SMILES string of the molecule is O=C(Nc1ccc2ccncc2c1)c1cccnc1Nc1cccc2c1CNC2=O. The third kappa shape index (κ3) is 3.22. The van der Waals surface area contributed by atoms with Crippen LogP contribution in [0.25, 0.3) is 10.8 Å². The maximum Gasteiger partial charge on any atom is 0.259 e. The zero-order valence-corrected chi connectivity index (χ0v) is 15.8. The molecule has 0 spiro atoms. The number of hydrogen-bond donors (Lipinski definition) is 3. The molecule has 7 nitrogen and oxygen atoms in total. The van der Waals surface area contributed by atoms with Crippen LogP contribution in [0.5, 0.6) is 0 Å². The lowest BCUT2D eigenvalue weighted by Gasteiger charge is -2.13. The zero-order valence-electron chi connectivity index (χ0n) is 15.8. The Bertz CT molecular complexity index is 1300. The summed E-state index contributed by atoms with van der Waals surface area (Å²) in [4.78, 5) is 33.4. The minimum atomic E-state index is -0.282. The highest BCUT2D eigenvalue weighted by Gasteiger charge is 2.22. The van der Waals surface area contributed by atoms with E-state index in [2.05, 4.69) is 25.9 Å². The minimum Gasteiger partial charge on any atom is -0.348 e. The Labute approximate surface area is 172 Å². The first-order chi connectivity index (χ1) is 14.7. The van der Waals surface area contributed by atoms with Gasteiger partial charge in [0, 0.05) is 53.0 Å². The molecule has 0 saturated carbocycles. The van der Waals surface area contributed by atoms with E-state index in [1.165, 1.54) is 0 Å². The van der Waals surface area contributed by atoms with Gasteiger partial charge in [-0.15, -0.1) is 0 Å². The molecule has 0 fully saturated rings. The van der Waals surface area contributed by atoms with E-state index in [1.54, 1.807) is 42.9 Å². The average molecular weight is 395 g/mol. The van der Waals surface area contributed by atoms with Crippen LogP contribution in [0.2, 0.25) is 0 Å². The van der Waals surface area contributed by atoms with Gasteiger partial charge in [0.2, 0.25) is 0 Å². The van der Waals surface area contributed by atoms with E-state index in [0.717, 1.165) is 22.0 Å². The smallest absolute Gasteiger partial charge is 0.259 e. The topological polar surface area (TPSA) is 96.0 Å². The molecule has 3 heterocycles. The van der Waals surface area contributed by atoms with Crippen LogP contribution in [0.1, 0.15) is 26.3 Å². The van der Waals surface area contributed by atoms with Gasteiger partial charge in [0.15, 0.2) is 0 Å². The summed E-state index contributed by atoms with van der Waals surface area (Å²) in [5.74, 6) is 0.0410. The van der Waals surface area contributed by atoms with Crippen molar-refractivity contribution in [2.75, 3.05) is 10.6 Å². The van der Waals surface area contributed by atoms with Crippen molar-refractivity contribution in [2.24, 2.45) is 0 Å². The van der Waals surface area contributed by atoms with Gasteiger partial charge in [-0.1, -0.05) is 12.1 Å². The normalized spacial score (nSPS) is 12.3. The van der Waals surface area contributed by atoms with Gasteiger partial charge in [-0.25, -0.2) is 4.98 Å². The summed E-state index contributed by atoms with van der Waals surface area (Å²) in [6.07, 6.45) is 5.11. The Hall–Kier alpha value is -4.26. The fourth-order valence-electron chi connectivity index (χ4n) is 3.55. The second-order valence-corrected chi connectivity index (χ2v) is 6.93. The lowest BCUT2D eigenvalue weighted by Crippen LogP contribution is -2.15. The first-order valence-corrected chi connectivity index (χ1v) is 9.46. The number of carbonyl (C=O) groups excluding carboxylic acids is 2. The number of aromatic nitrogens is 2. The Balaban J connectivity index is 1.43. The first kappa shape index (κ1) is 17.8. The number of rotatable bonds is 4. The summed E-state index contributed by atoms with van der Waals surface area (Å²) in [6.45, 7) is 0.441. The highest BCUT2D eigenvalue weighted by molar-refractivity contribution is 6.08. The van der Waals surface area contributed by atoms with Crippen molar-refractivity contribution in [3.8, 4) is 0 Å². The Kier molecular flexibility index (Phi) is 4.33. The van der Waals surface area contributed by atoms with E-state index in [1.807, 2.05) is 30.3 Å². The van der Waals surface area contributed by atoms with Crippen molar-refractivity contribution in [1.29, 1.82) is 0 Å². The van der Waals surface area contributed by atoms with Crippen molar-refractivity contribution in [3.63, 3.8) is 0 Å². The van der Waals surface area contributed by atoms with E-state index < -0.39 is 0 Å². The van der Waals surface area contributed by atoms with Crippen LogP contribution >= 0.6 is 0 Å². The summed E-state index contributed by atoms with van der Waals surface area (Å²) >= 11 is 0. The lowest BCUT2D eigenvalue weighted by atomic mass is 10.1. The summed E-state index contributed by atoms with van der Waals surface area (Å²) in [6, 6.07) is 16.5. The number of anilines is 3. The highest BCUT2D eigenvalue weighted by Crippen LogP contribution is 2.28. The van der Waals surface area contributed by atoms with Gasteiger partial charge in [-0.3, -0.25) is 14.6 Å². The number of carbonyl (C=O) groups is 2. The lowest BCUT2D eigenvalue weighted by molar-refractivity contribution is 0.0964. The quantitative estimate of drug-likeness (QED) is 0.488. The van der Waals surface area contributed by atoms with Crippen molar-refractivity contribution >= 4 is 39.8 Å². The zero-order chi connectivity index (χ0) is 20.5. The van der Waals surface area contributed by atoms with Gasteiger partial charge < -0.3 is 16.0 Å². The molecule has 0 aliphatic carbocycles. The van der Waals surface area contributed by atoms with E-state index >= 15 is 0 Å². The van der Waals surface area contributed by atoms with Gasteiger partial charge in [-0.2, -0.15) is 0 Å². The predicted molar refractivity (Wildman–Crippen MR) is 115 cm³/mol. The fraction of sp³-hybridized carbons (Fsp3) is 0.0435. The summed E-state index contributed by atoms with van der Waals surface area (Å²) in [7, 11) is 0. The molecular formula is C23H17N5O2. The van der Waals surface area contributed by atoms with Crippen molar-refractivity contribution < 1.29 is 9.59 Å². The molecule has 146 valence electrons. The van der Waals surface area contributed by atoms with E-state index in [4.69, 9.17) is 0 Å². The molecule has 0 radical (unpaired) electrons. The molecule has 1 aliphatic heterocycles. The van der Waals surface area contributed by atoms with E-state index in [0.29, 0.717) is 29.2 Å². The number of nitrogens with zero attached hydrogens (tertiary/aromatic N) is 2. The largest absolute Gasteiger partial charge is 0.348 e. The first-order valence-electron chi connectivity index (χ1n) is 9.46. The van der Waals surface area contributed by atoms with Crippen molar-refractivity contribution in [3.05, 3.63) is 89.9 Å². The molecule has 2 aromatic heterocycles. The van der Waals surface area contributed by atoms with Crippen LogP contribution in [0.3, 0.4) is 0 Å². The van der Waals surface area contributed by atoms with Gasteiger partial charge >= 0.3 is 0 Å². The highest BCUT2D eigenvalue weighted by atomic mass is 16.2. The molecule has 5 rings (SSSR count).